The molecule has 0 bridgehead atoms. The molecule has 1 aromatic rings. The summed E-state index contributed by atoms with van der Waals surface area (Å²) < 4.78 is 0. The molecule has 2 atom stereocenters. The number of aryl methyl sites for hydroxylation is 1. The van der Waals surface area contributed by atoms with E-state index in [1.807, 2.05) is 6.19 Å². The van der Waals surface area contributed by atoms with Crippen molar-refractivity contribution in [3.63, 3.8) is 0 Å². The number of pyridine rings is 1. The molecule has 0 fully saturated rings. The molecule has 6 heteroatoms. The van der Waals surface area contributed by atoms with Gasteiger partial charge in [-0.05, 0) is 45.1 Å². The van der Waals surface area contributed by atoms with Crippen molar-refractivity contribution in [2.45, 2.75) is 91.8 Å². The Labute approximate surface area is 182 Å². The fourth-order valence-corrected chi connectivity index (χ4v) is 5.06. The van der Waals surface area contributed by atoms with Gasteiger partial charge in [-0.1, -0.05) is 40.5 Å². The highest BCUT2D eigenvalue weighted by Gasteiger charge is 2.43. The predicted octanol–water partition coefficient (Wildman–Crippen LogP) is 5.24. The first-order valence-electron chi connectivity index (χ1n) is 11.6. The lowest BCUT2D eigenvalue weighted by molar-refractivity contribution is 0.312. The van der Waals surface area contributed by atoms with Gasteiger partial charge in [-0.15, -0.1) is 4.99 Å². The molecule has 164 valence electrons. The molecule has 2 aliphatic rings. The van der Waals surface area contributed by atoms with Crippen LogP contribution in [-0.4, -0.2) is 41.5 Å². The summed E-state index contributed by atoms with van der Waals surface area (Å²) in [7, 11) is 2.08. The van der Waals surface area contributed by atoms with Crippen molar-refractivity contribution in [3.05, 3.63) is 17.3 Å². The molecule has 0 aromatic carbocycles. The number of guanidine groups is 1. The molecule has 6 nitrogen and oxygen atoms in total. The molecule has 0 N–H and O–H groups in total. The number of aromatic nitrogens is 1. The third-order valence-electron chi connectivity index (χ3n) is 6.86. The fourth-order valence-electron chi connectivity index (χ4n) is 5.06. The number of nitrogens with zero attached hydrogens (tertiary/aromatic N) is 6. The molecule has 3 heterocycles. The van der Waals surface area contributed by atoms with Gasteiger partial charge in [0.15, 0.2) is 0 Å². The molecule has 0 amide bonds. The molecule has 3 rings (SSSR count). The minimum absolute atomic E-state index is 0.191. The first-order valence-corrected chi connectivity index (χ1v) is 11.6. The number of hydrogen-bond acceptors (Lipinski definition) is 4. The van der Waals surface area contributed by atoms with E-state index in [1.165, 1.54) is 36.9 Å². The highest BCUT2D eigenvalue weighted by atomic mass is 15.4. The summed E-state index contributed by atoms with van der Waals surface area (Å²) in [5, 5.41) is 9.42. The third kappa shape index (κ3) is 3.87. The highest BCUT2D eigenvalue weighted by molar-refractivity contribution is 6.00. The van der Waals surface area contributed by atoms with Crippen LogP contribution in [0.5, 0.6) is 0 Å². The summed E-state index contributed by atoms with van der Waals surface area (Å²) in [6.07, 6.45) is 7.91. The average Bonchev–Trinajstić information content (AvgIpc) is 2.70. The van der Waals surface area contributed by atoms with Crippen molar-refractivity contribution in [3.8, 4) is 6.19 Å². The molecule has 0 radical (unpaired) electrons. The molecular weight excluding hydrogens is 372 g/mol. The Hall–Kier alpha value is -2.29. The first-order chi connectivity index (χ1) is 14.3. The number of anilines is 2. The maximum atomic E-state index is 9.42. The smallest absolute Gasteiger partial charge is 0.218 e. The molecular formula is C24H38N6. The minimum atomic E-state index is 0.191. The van der Waals surface area contributed by atoms with E-state index in [0.717, 1.165) is 30.4 Å². The van der Waals surface area contributed by atoms with E-state index in [4.69, 9.17) is 4.98 Å². The summed E-state index contributed by atoms with van der Waals surface area (Å²) >= 11 is 0. The van der Waals surface area contributed by atoms with Gasteiger partial charge in [-0.25, -0.2) is 4.98 Å². The van der Waals surface area contributed by atoms with Crippen molar-refractivity contribution in [2.75, 3.05) is 23.4 Å². The van der Waals surface area contributed by atoms with Gasteiger partial charge in [-0.3, -0.25) is 4.90 Å². The molecule has 0 spiro atoms. The molecule has 0 saturated heterocycles. The molecule has 30 heavy (non-hydrogen) atoms. The van der Waals surface area contributed by atoms with Crippen LogP contribution in [-0.2, 0) is 0 Å². The normalized spacial score (nSPS) is 20.7. The van der Waals surface area contributed by atoms with Crippen LogP contribution < -0.4 is 9.80 Å². The maximum absolute atomic E-state index is 9.42. The summed E-state index contributed by atoms with van der Waals surface area (Å²) in [4.78, 5) is 16.3. The van der Waals surface area contributed by atoms with Gasteiger partial charge in [0, 0.05) is 42.6 Å². The molecule has 2 aliphatic heterocycles. The van der Waals surface area contributed by atoms with E-state index < -0.39 is 0 Å². The Morgan fingerprint density at radius 1 is 1.23 bits per heavy atom. The number of rotatable bonds is 7. The van der Waals surface area contributed by atoms with Crippen molar-refractivity contribution in [1.82, 2.24) is 9.88 Å². The zero-order chi connectivity index (χ0) is 22.0. The van der Waals surface area contributed by atoms with Crippen molar-refractivity contribution >= 4 is 17.5 Å². The van der Waals surface area contributed by atoms with Crippen LogP contribution in [0.25, 0.3) is 0 Å². The summed E-state index contributed by atoms with van der Waals surface area (Å²) in [5.41, 5.74) is 3.68. The Bertz CT molecular complexity index is 818. The second kappa shape index (κ2) is 9.24. The lowest BCUT2D eigenvalue weighted by Crippen LogP contribution is -2.56. The second-order valence-corrected chi connectivity index (χ2v) is 9.23. The third-order valence-corrected chi connectivity index (χ3v) is 6.86. The largest absolute Gasteiger partial charge is 0.368 e. The highest BCUT2D eigenvalue weighted by Crippen LogP contribution is 2.47. The summed E-state index contributed by atoms with van der Waals surface area (Å²) in [6, 6.07) is 3.26. The van der Waals surface area contributed by atoms with Crippen molar-refractivity contribution in [1.29, 1.82) is 5.26 Å². The van der Waals surface area contributed by atoms with Crippen LogP contribution in [0.2, 0.25) is 0 Å². The van der Waals surface area contributed by atoms with Crippen LogP contribution in [0, 0.1) is 24.3 Å². The van der Waals surface area contributed by atoms with E-state index >= 15 is 0 Å². The minimum Gasteiger partial charge on any atom is -0.368 e. The van der Waals surface area contributed by atoms with Gasteiger partial charge in [-0.2, -0.15) is 5.26 Å². The van der Waals surface area contributed by atoms with E-state index in [0.29, 0.717) is 12.0 Å². The Morgan fingerprint density at radius 3 is 2.47 bits per heavy atom. The first kappa shape index (κ1) is 22.4. The lowest BCUT2D eigenvalue weighted by Gasteiger charge is -2.51. The molecule has 1 aromatic heterocycles. The maximum Gasteiger partial charge on any atom is 0.218 e. The van der Waals surface area contributed by atoms with E-state index in [2.05, 4.69) is 74.3 Å². The van der Waals surface area contributed by atoms with Gasteiger partial charge in [0.2, 0.25) is 12.2 Å². The standard InChI is InChI=1S/C24H38N6/c1-8-10-19(11-9-2)29-13-12-20-22-21(29)14-17(5)27-23(22)30(18(6)16(3)4)24(26-15-25)28(20)7/h14,16,18-20H,8-13H2,1-7H3/t18-,20?/m0/s1. The van der Waals surface area contributed by atoms with Crippen molar-refractivity contribution < 1.29 is 0 Å². The van der Waals surface area contributed by atoms with Gasteiger partial charge >= 0.3 is 0 Å². The number of nitriles is 1. The lowest BCUT2D eigenvalue weighted by atomic mass is 9.89. The Kier molecular flexibility index (Phi) is 6.90. The van der Waals surface area contributed by atoms with Crippen molar-refractivity contribution in [2.24, 2.45) is 10.9 Å². The van der Waals surface area contributed by atoms with Crippen LogP contribution in [0.15, 0.2) is 11.1 Å². The predicted molar refractivity (Wildman–Crippen MR) is 125 cm³/mol. The van der Waals surface area contributed by atoms with E-state index in [-0.39, 0.29) is 12.1 Å². The summed E-state index contributed by atoms with van der Waals surface area (Å²) in [6.45, 7) is 14.3. The zero-order valence-electron chi connectivity index (χ0n) is 19.8. The molecule has 1 unspecified atom stereocenters. The van der Waals surface area contributed by atoms with Gasteiger partial charge in [0.05, 0.1) is 6.04 Å². The second-order valence-electron chi connectivity index (χ2n) is 9.23. The Morgan fingerprint density at radius 2 is 1.90 bits per heavy atom. The number of hydrogen-bond donors (Lipinski definition) is 0. The number of aliphatic imine (C=N–C) groups is 1. The molecule has 0 saturated carbocycles. The van der Waals surface area contributed by atoms with Crippen LogP contribution in [0.3, 0.4) is 0 Å². The average molecular weight is 411 g/mol. The van der Waals surface area contributed by atoms with Gasteiger partial charge < -0.3 is 9.80 Å². The van der Waals surface area contributed by atoms with Crippen LogP contribution in [0.4, 0.5) is 11.5 Å². The van der Waals surface area contributed by atoms with Gasteiger partial charge in [0.1, 0.15) is 5.82 Å². The zero-order valence-corrected chi connectivity index (χ0v) is 19.8. The topological polar surface area (TPSA) is 58.8 Å². The summed E-state index contributed by atoms with van der Waals surface area (Å²) in [5.74, 6) is 2.14. The SMILES string of the molecule is CCCC(CCC)N1CCC2c3c1cc(C)nc3N([C@@H](C)C(C)C)C(=NC#N)N2C. The van der Waals surface area contributed by atoms with Gasteiger partial charge in [0.25, 0.3) is 0 Å². The monoisotopic (exact) mass is 410 g/mol. The molecule has 0 aliphatic carbocycles. The van der Waals surface area contributed by atoms with Crippen LogP contribution in [0.1, 0.15) is 84.0 Å². The Balaban J connectivity index is 2.21. The van der Waals surface area contributed by atoms with Crippen LogP contribution >= 0.6 is 0 Å². The van der Waals surface area contributed by atoms with E-state index in [9.17, 15) is 5.26 Å². The quantitative estimate of drug-likeness (QED) is 0.575. The fraction of sp³-hybridized carbons (Fsp3) is 0.708. The van der Waals surface area contributed by atoms with E-state index in [1.54, 1.807) is 0 Å².